The highest BCUT2D eigenvalue weighted by Gasteiger charge is 2.28. The SMILES string of the molecule is COc1cccc(OC)c1C(c1ccc(Cl)cc1)N1CCCNCC1. The van der Waals surface area contributed by atoms with Gasteiger partial charge in [0, 0.05) is 24.7 Å². The van der Waals surface area contributed by atoms with Crippen LogP contribution in [-0.4, -0.2) is 45.3 Å². The third kappa shape index (κ3) is 4.09. The highest BCUT2D eigenvalue weighted by Crippen LogP contribution is 2.41. The van der Waals surface area contributed by atoms with Crippen molar-refractivity contribution < 1.29 is 9.47 Å². The fourth-order valence-corrected chi connectivity index (χ4v) is 3.61. The van der Waals surface area contributed by atoms with Gasteiger partial charge in [-0.25, -0.2) is 0 Å². The van der Waals surface area contributed by atoms with Crippen molar-refractivity contribution >= 4 is 11.6 Å². The van der Waals surface area contributed by atoms with Crippen molar-refractivity contribution in [2.24, 2.45) is 0 Å². The molecule has 0 radical (unpaired) electrons. The van der Waals surface area contributed by atoms with Crippen molar-refractivity contribution in [3.05, 3.63) is 58.6 Å². The van der Waals surface area contributed by atoms with Crippen LogP contribution in [0.2, 0.25) is 5.02 Å². The maximum Gasteiger partial charge on any atom is 0.127 e. The van der Waals surface area contributed by atoms with Crippen LogP contribution in [0.3, 0.4) is 0 Å². The lowest BCUT2D eigenvalue weighted by atomic mass is 9.95. The van der Waals surface area contributed by atoms with Gasteiger partial charge in [-0.2, -0.15) is 0 Å². The minimum Gasteiger partial charge on any atom is -0.496 e. The molecule has 1 fully saturated rings. The topological polar surface area (TPSA) is 33.7 Å². The highest BCUT2D eigenvalue weighted by molar-refractivity contribution is 6.30. The van der Waals surface area contributed by atoms with E-state index in [2.05, 4.69) is 22.3 Å². The van der Waals surface area contributed by atoms with Crippen molar-refractivity contribution in [2.45, 2.75) is 12.5 Å². The van der Waals surface area contributed by atoms with Crippen molar-refractivity contribution in [2.75, 3.05) is 40.4 Å². The Bertz CT molecular complexity index is 660. The highest BCUT2D eigenvalue weighted by atomic mass is 35.5. The molecule has 1 N–H and O–H groups in total. The number of methoxy groups -OCH3 is 2. The largest absolute Gasteiger partial charge is 0.496 e. The molecule has 134 valence electrons. The van der Waals surface area contributed by atoms with E-state index in [0.717, 1.165) is 54.7 Å². The minimum absolute atomic E-state index is 0.0586. The molecule has 2 aromatic carbocycles. The molecule has 1 heterocycles. The first-order valence-corrected chi connectivity index (χ1v) is 9.03. The summed E-state index contributed by atoms with van der Waals surface area (Å²) in [6.45, 7) is 4.00. The lowest BCUT2D eigenvalue weighted by Crippen LogP contribution is -2.33. The van der Waals surface area contributed by atoms with Gasteiger partial charge in [-0.05, 0) is 42.8 Å². The van der Waals surface area contributed by atoms with E-state index in [-0.39, 0.29) is 6.04 Å². The maximum atomic E-state index is 6.12. The number of halogens is 1. The standard InChI is InChI=1S/C20H25ClN2O2/c1-24-17-5-3-6-18(25-2)19(17)20(15-7-9-16(21)10-8-15)23-13-4-11-22-12-14-23/h3,5-10,20,22H,4,11-14H2,1-2H3. The first-order valence-electron chi connectivity index (χ1n) is 8.65. The number of rotatable bonds is 5. The van der Waals surface area contributed by atoms with Gasteiger partial charge >= 0.3 is 0 Å². The van der Waals surface area contributed by atoms with Crippen molar-refractivity contribution in [3.8, 4) is 11.5 Å². The Morgan fingerprint density at radius 3 is 2.28 bits per heavy atom. The predicted molar refractivity (Wildman–Crippen MR) is 102 cm³/mol. The molecule has 1 atom stereocenters. The monoisotopic (exact) mass is 360 g/mol. The molecule has 1 unspecified atom stereocenters. The maximum absolute atomic E-state index is 6.12. The van der Waals surface area contributed by atoms with E-state index in [1.807, 2.05) is 30.3 Å². The Hall–Kier alpha value is -1.75. The lowest BCUT2D eigenvalue weighted by molar-refractivity contribution is 0.231. The van der Waals surface area contributed by atoms with Gasteiger partial charge in [-0.3, -0.25) is 4.90 Å². The lowest BCUT2D eigenvalue weighted by Gasteiger charge is -2.33. The second-order valence-corrected chi connectivity index (χ2v) is 6.61. The molecule has 3 rings (SSSR count). The van der Waals surface area contributed by atoms with Gasteiger partial charge in [0.1, 0.15) is 11.5 Å². The molecule has 0 spiro atoms. The number of nitrogens with zero attached hydrogens (tertiary/aromatic N) is 1. The molecular formula is C20H25ClN2O2. The van der Waals surface area contributed by atoms with Crippen LogP contribution in [0.1, 0.15) is 23.6 Å². The molecule has 0 aromatic heterocycles. The Morgan fingerprint density at radius 1 is 0.960 bits per heavy atom. The quantitative estimate of drug-likeness (QED) is 0.880. The van der Waals surface area contributed by atoms with Crippen molar-refractivity contribution in [1.82, 2.24) is 10.2 Å². The van der Waals surface area contributed by atoms with E-state index in [4.69, 9.17) is 21.1 Å². The van der Waals surface area contributed by atoms with Crippen LogP contribution in [0, 0.1) is 0 Å². The van der Waals surface area contributed by atoms with Crippen molar-refractivity contribution in [1.29, 1.82) is 0 Å². The fourth-order valence-electron chi connectivity index (χ4n) is 3.48. The summed E-state index contributed by atoms with van der Waals surface area (Å²) in [4.78, 5) is 2.49. The van der Waals surface area contributed by atoms with Crippen LogP contribution in [-0.2, 0) is 0 Å². The van der Waals surface area contributed by atoms with E-state index in [9.17, 15) is 0 Å². The molecule has 0 saturated carbocycles. The molecule has 1 aliphatic heterocycles. The van der Waals surface area contributed by atoms with Crippen LogP contribution in [0.25, 0.3) is 0 Å². The average Bonchev–Trinajstić information content (AvgIpc) is 2.93. The van der Waals surface area contributed by atoms with E-state index in [0.29, 0.717) is 0 Å². The molecular weight excluding hydrogens is 336 g/mol. The van der Waals surface area contributed by atoms with Gasteiger partial charge in [0.15, 0.2) is 0 Å². The summed E-state index contributed by atoms with van der Waals surface area (Å²) in [6.07, 6.45) is 1.11. The van der Waals surface area contributed by atoms with Crippen LogP contribution < -0.4 is 14.8 Å². The summed E-state index contributed by atoms with van der Waals surface area (Å²) in [5, 5.41) is 4.22. The molecule has 5 heteroatoms. The Balaban J connectivity index is 2.12. The van der Waals surface area contributed by atoms with Crippen LogP contribution >= 0.6 is 11.6 Å². The number of hydrogen-bond acceptors (Lipinski definition) is 4. The van der Waals surface area contributed by atoms with Gasteiger partial charge in [0.2, 0.25) is 0 Å². The van der Waals surface area contributed by atoms with Gasteiger partial charge in [-0.1, -0.05) is 29.8 Å². The number of nitrogens with one attached hydrogen (secondary N) is 1. The first-order chi connectivity index (χ1) is 12.2. The fraction of sp³-hybridized carbons (Fsp3) is 0.400. The van der Waals surface area contributed by atoms with E-state index >= 15 is 0 Å². The summed E-state index contributed by atoms with van der Waals surface area (Å²) in [7, 11) is 3.42. The summed E-state index contributed by atoms with van der Waals surface area (Å²) in [5.74, 6) is 1.69. The summed E-state index contributed by atoms with van der Waals surface area (Å²) < 4.78 is 11.4. The van der Waals surface area contributed by atoms with Gasteiger partial charge in [0.25, 0.3) is 0 Å². The van der Waals surface area contributed by atoms with Crippen LogP contribution in [0.4, 0.5) is 0 Å². The van der Waals surface area contributed by atoms with E-state index in [1.165, 1.54) is 5.56 Å². The summed E-state index contributed by atoms with van der Waals surface area (Å²) in [6, 6.07) is 14.1. The third-order valence-corrected chi connectivity index (χ3v) is 4.92. The predicted octanol–water partition coefficient (Wildman–Crippen LogP) is 3.74. The normalized spacial score (nSPS) is 16.9. The van der Waals surface area contributed by atoms with Crippen LogP contribution in [0.15, 0.2) is 42.5 Å². The van der Waals surface area contributed by atoms with Crippen molar-refractivity contribution in [3.63, 3.8) is 0 Å². The zero-order valence-electron chi connectivity index (χ0n) is 14.8. The Kier molecular flexibility index (Phi) is 6.19. The molecule has 1 saturated heterocycles. The minimum atomic E-state index is 0.0586. The number of hydrogen-bond donors (Lipinski definition) is 1. The Labute approximate surface area is 154 Å². The van der Waals surface area contributed by atoms with Gasteiger partial charge < -0.3 is 14.8 Å². The third-order valence-electron chi connectivity index (χ3n) is 4.66. The van der Waals surface area contributed by atoms with Gasteiger partial charge in [-0.15, -0.1) is 0 Å². The van der Waals surface area contributed by atoms with E-state index < -0.39 is 0 Å². The smallest absolute Gasteiger partial charge is 0.127 e. The van der Waals surface area contributed by atoms with Crippen LogP contribution in [0.5, 0.6) is 11.5 Å². The zero-order valence-corrected chi connectivity index (χ0v) is 15.6. The van der Waals surface area contributed by atoms with Gasteiger partial charge in [0.05, 0.1) is 25.8 Å². The molecule has 25 heavy (non-hydrogen) atoms. The molecule has 0 amide bonds. The molecule has 4 nitrogen and oxygen atoms in total. The molecule has 0 aliphatic carbocycles. The molecule has 1 aliphatic rings. The second kappa shape index (κ2) is 8.56. The summed E-state index contributed by atoms with van der Waals surface area (Å²) in [5.41, 5.74) is 2.26. The number of ether oxygens (including phenoxy) is 2. The Morgan fingerprint density at radius 2 is 1.64 bits per heavy atom. The molecule has 2 aromatic rings. The zero-order chi connectivity index (χ0) is 17.6. The first kappa shape index (κ1) is 18.1. The second-order valence-electron chi connectivity index (χ2n) is 6.17. The molecule has 0 bridgehead atoms. The van der Waals surface area contributed by atoms with E-state index in [1.54, 1.807) is 14.2 Å². The summed E-state index contributed by atoms with van der Waals surface area (Å²) >= 11 is 6.12. The number of benzene rings is 2. The average molecular weight is 361 g/mol.